The van der Waals surface area contributed by atoms with Crippen molar-refractivity contribution in [1.29, 1.82) is 0 Å². The number of hydrogen-bond donors (Lipinski definition) is 0. The van der Waals surface area contributed by atoms with Crippen LogP contribution >= 0.6 is 11.6 Å². The van der Waals surface area contributed by atoms with E-state index in [4.69, 9.17) is 20.9 Å². The Morgan fingerprint density at radius 1 is 1.21 bits per heavy atom. The first-order chi connectivity index (χ1) is 14.2. The fourth-order valence-corrected chi connectivity index (χ4v) is 3.60. The monoisotopic (exact) mass is 411 g/mol. The van der Waals surface area contributed by atoms with E-state index in [-0.39, 0.29) is 11.9 Å². The van der Waals surface area contributed by atoms with Crippen LogP contribution in [0.5, 0.6) is 5.75 Å². The molecule has 3 aromatic rings. The molecule has 0 radical (unpaired) electrons. The summed E-state index contributed by atoms with van der Waals surface area (Å²) in [6, 6.07) is 14.9. The van der Waals surface area contributed by atoms with E-state index >= 15 is 0 Å². The number of halogens is 1. The lowest BCUT2D eigenvalue weighted by Crippen LogP contribution is -2.27. The summed E-state index contributed by atoms with van der Waals surface area (Å²) in [4.78, 5) is 18.8. The molecule has 150 valence electrons. The van der Waals surface area contributed by atoms with Crippen molar-refractivity contribution in [3.63, 3.8) is 0 Å². The molecule has 1 aliphatic heterocycles. The van der Waals surface area contributed by atoms with Crippen molar-refractivity contribution in [2.24, 2.45) is 0 Å². The summed E-state index contributed by atoms with van der Waals surface area (Å²) in [6.07, 6.45) is 2.06. The van der Waals surface area contributed by atoms with Gasteiger partial charge in [-0.15, -0.1) is 0 Å². The minimum atomic E-state index is -0.243. The van der Waals surface area contributed by atoms with Crippen molar-refractivity contribution in [2.45, 2.75) is 38.8 Å². The Morgan fingerprint density at radius 2 is 2.00 bits per heavy atom. The Hall–Kier alpha value is -2.86. The SMILES string of the molecule is CCCOc1ccc(-c2noc(C3CCC(=O)N3Cc3ccccc3Cl)n2)cc1. The van der Waals surface area contributed by atoms with Gasteiger partial charge in [-0.1, -0.05) is 41.9 Å². The van der Waals surface area contributed by atoms with E-state index in [0.717, 1.165) is 23.3 Å². The van der Waals surface area contributed by atoms with E-state index in [2.05, 4.69) is 17.1 Å². The maximum Gasteiger partial charge on any atom is 0.249 e. The van der Waals surface area contributed by atoms with Crippen LogP contribution in [0, 0.1) is 0 Å². The predicted octanol–water partition coefficient (Wildman–Crippen LogP) is 5.04. The second kappa shape index (κ2) is 8.66. The third-order valence-corrected chi connectivity index (χ3v) is 5.31. The molecule has 0 N–H and O–H groups in total. The van der Waals surface area contributed by atoms with Crippen molar-refractivity contribution in [3.05, 3.63) is 65.0 Å². The lowest BCUT2D eigenvalue weighted by molar-refractivity contribution is -0.129. The number of hydrogen-bond acceptors (Lipinski definition) is 5. The van der Waals surface area contributed by atoms with Crippen LogP contribution in [0.2, 0.25) is 5.02 Å². The normalized spacial score (nSPS) is 16.4. The van der Waals surface area contributed by atoms with Gasteiger partial charge in [0.2, 0.25) is 17.6 Å². The number of aromatic nitrogens is 2. The molecule has 4 rings (SSSR count). The summed E-state index contributed by atoms with van der Waals surface area (Å²) >= 11 is 6.27. The van der Waals surface area contributed by atoms with Gasteiger partial charge in [-0.3, -0.25) is 4.79 Å². The summed E-state index contributed by atoms with van der Waals surface area (Å²) in [6.45, 7) is 3.17. The smallest absolute Gasteiger partial charge is 0.249 e. The average molecular weight is 412 g/mol. The average Bonchev–Trinajstić information content (AvgIpc) is 3.36. The van der Waals surface area contributed by atoms with Crippen molar-refractivity contribution < 1.29 is 14.1 Å². The van der Waals surface area contributed by atoms with Gasteiger partial charge >= 0.3 is 0 Å². The molecule has 0 spiro atoms. The van der Waals surface area contributed by atoms with Crippen molar-refractivity contribution in [1.82, 2.24) is 15.0 Å². The van der Waals surface area contributed by atoms with Crippen molar-refractivity contribution in [3.8, 4) is 17.1 Å². The van der Waals surface area contributed by atoms with Crippen LogP contribution in [-0.4, -0.2) is 27.6 Å². The summed E-state index contributed by atoms with van der Waals surface area (Å²) in [5.41, 5.74) is 1.74. The number of carbonyl (C=O) groups excluding carboxylic acids is 1. The zero-order valence-electron chi connectivity index (χ0n) is 16.2. The summed E-state index contributed by atoms with van der Waals surface area (Å²) < 4.78 is 11.1. The fraction of sp³-hybridized carbons (Fsp3) is 0.318. The van der Waals surface area contributed by atoms with Gasteiger partial charge in [0.1, 0.15) is 11.8 Å². The van der Waals surface area contributed by atoms with Crippen LogP contribution in [0.25, 0.3) is 11.4 Å². The Morgan fingerprint density at radius 3 is 2.76 bits per heavy atom. The molecule has 1 fully saturated rings. The zero-order valence-corrected chi connectivity index (χ0v) is 16.9. The number of benzene rings is 2. The van der Waals surface area contributed by atoms with E-state index in [1.54, 1.807) is 4.90 Å². The van der Waals surface area contributed by atoms with E-state index < -0.39 is 0 Å². The van der Waals surface area contributed by atoms with Crippen molar-refractivity contribution >= 4 is 17.5 Å². The Kier molecular flexibility index (Phi) is 5.81. The molecule has 2 aromatic carbocycles. The second-order valence-corrected chi connectivity index (χ2v) is 7.40. The minimum absolute atomic E-state index is 0.0621. The van der Waals surface area contributed by atoms with Gasteiger partial charge < -0.3 is 14.2 Å². The maximum absolute atomic E-state index is 12.5. The zero-order chi connectivity index (χ0) is 20.2. The van der Waals surface area contributed by atoms with Gasteiger partial charge in [-0.2, -0.15) is 4.98 Å². The number of likely N-dealkylation sites (tertiary alicyclic amines) is 1. The van der Waals surface area contributed by atoms with Crippen LogP contribution < -0.4 is 4.74 Å². The molecule has 7 heteroatoms. The molecule has 1 unspecified atom stereocenters. The Bertz CT molecular complexity index is 987. The van der Waals surface area contributed by atoms with Gasteiger partial charge in [0, 0.05) is 23.6 Å². The topological polar surface area (TPSA) is 68.5 Å². The molecule has 6 nitrogen and oxygen atoms in total. The molecule has 1 amide bonds. The number of ether oxygens (including phenoxy) is 1. The first-order valence-electron chi connectivity index (χ1n) is 9.75. The minimum Gasteiger partial charge on any atom is -0.494 e. The molecule has 1 aromatic heterocycles. The standard InChI is InChI=1S/C22H22ClN3O3/c1-2-13-28-17-9-7-15(8-10-17)21-24-22(29-25-21)19-11-12-20(27)26(19)14-16-5-3-4-6-18(16)23/h3-10,19H,2,11-14H2,1H3. The van der Waals surface area contributed by atoms with Crippen LogP contribution in [0.1, 0.15) is 43.7 Å². The van der Waals surface area contributed by atoms with E-state index in [1.807, 2.05) is 48.5 Å². The highest BCUT2D eigenvalue weighted by atomic mass is 35.5. The van der Waals surface area contributed by atoms with Crippen molar-refractivity contribution in [2.75, 3.05) is 6.61 Å². The Labute approximate surface area is 174 Å². The number of rotatable bonds is 7. The molecule has 0 aliphatic carbocycles. The van der Waals surface area contributed by atoms with Crippen LogP contribution in [0.15, 0.2) is 53.1 Å². The van der Waals surface area contributed by atoms with Gasteiger partial charge in [-0.25, -0.2) is 0 Å². The van der Waals surface area contributed by atoms with Crippen LogP contribution in [0.4, 0.5) is 0 Å². The molecule has 0 saturated carbocycles. The highest BCUT2D eigenvalue weighted by molar-refractivity contribution is 6.31. The lowest BCUT2D eigenvalue weighted by Gasteiger charge is -2.22. The molecule has 0 bridgehead atoms. The summed E-state index contributed by atoms with van der Waals surface area (Å²) in [5.74, 6) is 1.82. The highest BCUT2D eigenvalue weighted by Gasteiger charge is 2.36. The molecular formula is C22H22ClN3O3. The molecule has 2 heterocycles. The van der Waals surface area contributed by atoms with Gasteiger partial charge in [0.15, 0.2) is 0 Å². The Balaban J connectivity index is 1.52. The van der Waals surface area contributed by atoms with E-state index in [9.17, 15) is 4.79 Å². The van der Waals surface area contributed by atoms with Crippen LogP contribution in [0.3, 0.4) is 0 Å². The van der Waals surface area contributed by atoms with E-state index in [1.165, 1.54) is 0 Å². The van der Waals surface area contributed by atoms with Gasteiger partial charge in [0.25, 0.3) is 0 Å². The lowest BCUT2D eigenvalue weighted by atomic mass is 10.1. The van der Waals surface area contributed by atoms with E-state index in [0.29, 0.717) is 42.7 Å². The predicted molar refractivity (Wildman–Crippen MR) is 109 cm³/mol. The molecule has 29 heavy (non-hydrogen) atoms. The number of carbonyl (C=O) groups is 1. The quantitative estimate of drug-likeness (QED) is 0.544. The molecular weight excluding hydrogens is 390 g/mol. The fourth-order valence-electron chi connectivity index (χ4n) is 3.41. The van der Waals surface area contributed by atoms with Gasteiger partial charge in [0.05, 0.1) is 6.61 Å². The first-order valence-corrected chi connectivity index (χ1v) is 10.1. The first kappa shape index (κ1) is 19.5. The van der Waals surface area contributed by atoms with Gasteiger partial charge in [-0.05, 0) is 48.7 Å². The third-order valence-electron chi connectivity index (χ3n) is 4.94. The van der Waals surface area contributed by atoms with Crippen LogP contribution in [-0.2, 0) is 11.3 Å². The summed E-state index contributed by atoms with van der Waals surface area (Å²) in [5, 5.41) is 4.76. The third kappa shape index (κ3) is 4.27. The molecule has 1 atom stereocenters. The molecule has 1 aliphatic rings. The number of nitrogens with zero attached hydrogens (tertiary/aromatic N) is 3. The molecule has 1 saturated heterocycles. The number of amides is 1. The highest BCUT2D eigenvalue weighted by Crippen LogP contribution is 2.35. The largest absolute Gasteiger partial charge is 0.494 e. The maximum atomic E-state index is 12.5. The second-order valence-electron chi connectivity index (χ2n) is 7.00. The summed E-state index contributed by atoms with van der Waals surface area (Å²) in [7, 11) is 0.